The Morgan fingerprint density at radius 2 is 1.70 bits per heavy atom. The average molecular weight is 325 g/mol. The Bertz CT molecular complexity index is 408. The van der Waals surface area contributed by atoms with Crippen LogP contribution in [-0.4, -0.2) is 39.6 Å². The number of rotatable bonds is 4. The Kier molecular flexibility index (Phi) is 20.3. The molecule has 0 saturated heterocycles. The van der Waals surface area contributed by atoms with Crippen molar-refractivity contribution in [2.75, 3.05) is 14.2 Å². The van der Waals surface area contributed by atoms with Gasteiger partial charge in [0.25, 0.3) is 5.91 Å². The molecule has 23 heavy (non-hydrogen) atoms. The van der Waals surface area contributed by atoms with Crippen LogP contribution in [-0.2, 0) is 9.59 Å². The number of hydrogen-bond donors (Lipinski definition) is 2. The Morgan fingerprint density at radius 3 is 2.00 bits per heavy atom. The molecule has 6 nitrogen and oxygen atoms in total. The first-order chi connectivity index (χ1) is 11.0. The molecule has 1 aromatic rings. The average Bonchev–Trinajstić information content (AvgIpc) is 2.64. The van der Waals surface area contributed by atoms with Gasteiger partial charge in [0.15, 0.2) is 0 Å². The van der Waals surface area contributed by atoms with Gasteiger partial charge in [0.05, 0.1) is 13.2 Å². The molecule has 6 heteroatoms. The van der Waals surface area contributed by atoms with Gasteiger partial charge in [-0.25, -0.2) is 4.99 Å². The minimum Gasteiger partial charge on any atom is -0.497 e. The second-order valence-electron chi connectivity index (χ2n) is 4.42. The molecule has 1 amide bonds. The SMILES string of the molecule is C=NC(=O)C(N)[C@@H](C)CC.C=O.CN.COc1ccc(C)cc1. The van der Waals surface area contributed by atoms with Crippen LogP contribution in [0, 0.1) is 12.8 Å². The number of ether oxygens (including phenoxy) is 1. The lowest BCUT2D eigenvalue weighted by Gasteiger charge is -2.13. The third-order valence-corrected chi connectivity index (χ3v) is 2.95. The number of aryl methyl sites for hydroxylation is 1. The highest BCUT2D eigenvalue weighted by Gasteiger charge is 2.17. The highest BCUT2D eigenvalue weighted by atomic mass is 16.5. The molecular weight excluding hydrogens is 294 g/mol. The first kappa shape index (κ1) is 25.9. The van der Waals surface area contributed by atoms with E-state index in [1.165, 1.54) is 12.6 Å². The molecule has 0 heterocycles. The number of hydrogen-bond acceptors (Lipinski definition) is 5. The summed E-state index contributed by atoms with van der Waals surface area (Å²) in [5.74, 6) is 0.799. The fourth-order valence-corrected chi connectivity index (χ4v) is 1.28. The van der Waals surface area contributed by atoms with Crippen molar-refractivity contribution >= 4 is 19.4 Å². The van der Waals surface area contributed by atoms with Crippen LogP contribution in [0.2, 0.25) is 0 Å². The van der Waals surface area contributed by atoms with Crippen LogP contribution in [0.1, 0.15) is 25.8 Å². The van der Waals surface area contributed by atoms with Gasteiger partial charge in [0, 0.05) is 0 Å². The molecule has 4 N–H and O–H groups in total. The van der Waals surface area contributed by atoms with E-state index in [0.717, 1.165) is 12.2 Å². The fraction of sp³-hybridized carbons (Fsp3) is 0.471. The largest absolute Gasteiger partial charge is 0.497 e. The van der Waals surface area contributed by atoms with Crippen LogP contribution in [0.4, 0.5) is 0 Å². The van der Waals surface area contributed by atoms with E-state index in [4.69, 9.17) is 15.3 Å². The summed E-state index contributed by atoms with van der Waals surface area (Å²) in [4.78, 5) is 22.0. The third-order valence-electron chi connectivity index (χ3n) is 2.95. The summed E-state index contributed by atoms with van der Waals surface area (Å²) < 4.78 is 4.97. The predicted octanol–water partition coefficient (Wildman–Crippen LogP) is 1.98. The van der Waals surface area contributed by atoms with Gasteiger partial charge in [0.2, 0.25) is 0 Å². The molecule has 0 radical (unpaired) electrons. The molecule has 0 saturated carbocycles. The minimum absolute atomic E-state index is 0.193. The van der Waals surface area contributed by atoms with Crippen molar-refractivity contribution in [3.8, 4) is 5.75 Å². The van der Waals surface area contributed by atoms with Crippen molar-refractivity contribution in [1.29, 1.82) is 0 Å². The highest BCUT2D eigenvalue weighted by Crippen LogP contribution is 2.09. The lowest BCUT2D eigenvalue weighted by atomic mass is 10.00. The first-order valence-electron chi connectivity index (χ1n) is 7.19. The van der Waals surface area contributed by atoms with E-state index >= 15 is 0 Å². The summed E-state index contributed by atoms with van der Waals surface area (Å²) in [6.07, 6.45) is 0.891. The van der Waals surface area contributed by atoms with E-state index in [9.17, 15) is 4.79 Å². The number of nitrogens with two attached hydrogens (primary N) is 2. The Morgan fingerprint density at radius 1 is 1.26 bits per heavy atom. The molecule has 1 unspecified atom stereocenters. The zero-order valence-corrected chi connectivity index (χ0v) is 14.9. The molecule has 0 bridgehead atoms. The summed E-state index contributed by atoms with van der Waals surface area (Å²) in [5.41, 5.74) is 11.3. The van der Waals surface area contributed by atoms with Gasteiger partial charge in [-0.15, -0.1) is 0 Å². The molecule has 0 aliphatic heterocycles. The first-order valence-corrected chi connectivity index (χ1v) is 7.19. The number of methoxy groups -OCH3 is 1. The van der Waals surface area contributed by atoms with E-state index in [0.29, 0.717) is 0 Å². The van der Waals surface area contributed by atoms with E-state index in [2.05, 4.69) is 24.4 Å². The molecule has 0 aromatic heterocycles. The van der Waals surface area contributed by atoms with Crippen molar-refractivity contribution in [2.24, 2.45) is 22.4 Å². The predicted molar refractivity (Wildman–Crippen MR) is 96.9 cm³/mol. The van der Waals surface area contributed by atoms with Crippen molar-refractivity contribution in [2.45, 2.75) is 33.2 Å². The van der Waals surface area contributed by atoms with Gasteiger partial charge in [-0.05, 0) is 38.7 Å². The van der Waals surface area contributed by atoms with Gasteiger partial charge in [-0.1, -0.05) is 38.0 Å². The standard InChI is InChI=1S/C8H10O.C7H14N2O.CH5N.CH2O/c1-7-3-5-8(9-2)6-4-7;1-4-5(2)6(8)7(10)9-3;2*1-2/h3-6H,1-2H3;5-6H,3-4,8H2,1-2H3;2H2,1H3;1H2/t;5-,6?;;/m.0../s1. The van der Waals surface area contributed by atoms with E-state index in [-0.39, 0.29) is 11.8 Å². The molecule has 2 atom stereocenters. The number of amides is 1. The number of benzene rings is 1. The number of carbonyl (C=O) groups excluding carboxylic acids is 2. The molecule has 0 fully saturated rings. The van der Waals surface area contributed by atoms with Crippen LogP contribution in [0.15, 0.2) is 29.3 Å². The summed E-state index contributed by atoms with van der Waals surface area (Å²) in [7, 11) is 3.17. The second-order valence-corrected chi connectivity index (χ2v) is 4.42. The Balaban J connectivity index is -0.000000286. The molecule has 1 aromatic carbocycles. The van der Waals surface area contributed by atoms with Crippen molar-refractivity contribution in [3.63, 3.8) is 0 Å². The van der Waals surface area contributed by atoms with E-state index < -0.39 is 6.04 Å². The zero-order valence-electron chi connectivity index (χ0n) is 14.9. The van der Waals surface area contributed by atoms with E-state index in [1.54, 1.807) is 7.11 Å². The summed E-state index contributed by atoms with van der Waals surface area (Å²) in [6.45, 7) is 11.1. The van der Waals surface area contributed by atoms with Crippen molar-refractivity contribution < 1.29 is 14.3 Å². The number of carbonyl (C=O) groups is 2. The molecule has 0 spiro atoms. The fourth-order valence-electron chi connectivity index (χ4n) is 1.28. The molecule has 0 aliphatic carbocycles. The third kappa shape index (κ3) is 13.3. The summed E-state index contributed by atoms with van der Waals surface area (Å²) in [5, 5.41) is 0. The van der Waals surface area contributed by atoms with Crippen LogP contribution >= 0.6 is 0 Å². The Hall–Kier alpha value is -2.05. The van der Waals surface area contributed by atoms with Gasteiger partial charge in [0.1, 0.15) is 12.5 Å². The number of aliphatic imine (C=N–C) groups is 1. The summed E-state index contributed by atoms with van der Waals surface area (Å²) >= 11 is 0. The second kappa shape index (κ2) is 18.0. The van der Waals surface area contributed by atoms with Gasteiger partial charge in [-0.2, -0.15) is 0 Å². The van der Waals surface area contributed by atoms with Gasteiger partial charge >= 0.3 is 0 Å². The smallest absolute Gasteiger partial charge is 0.262 e. The number of nitrogens with zero attached hydrogens (tertiary/aromatic N) is 1. The highest BCUT2D eigenvalue weighted by molar-refractivity contribution is 5.85. The topological polar surface area (TPSA) is 108 Å². The maximum absolute atomic E-state index is 10.8. The minimum atomic E-state index is -0.470. The van der Waals surface area contributed by atoms with Crippen LogP contribution in [0.25, 0.3) is 0 Å². The Labute approximate surface area is 139 Å². The molecule has 132 valence electrons. The van der Waals surface area contributed by atoms with Gasteiger partial charge < -0.3 is 21.0 Å². The zero-order chi connectivity index (χ0) is 18.8. The van der Waals surface area contributed by atoms with Crippen molar-refractivity contribution in [1.82, 2.24) is 0 Å². The molecule has 1 rings (SSSR count). The maximum atomic E-state index is 10.8. The van der Waals surface area contributed by atoms with Crippen LogP contribution in [0.3, 0.4) is 0 Å². The van der Waals surface area contributed by atoms with Crippen LogP contribution in [0.5, 0.6) is 5.75 Å². The molecular formula is C17H31N3O3. The van der Waals surface area contributed by atoms with E-state index in [1.807, 2.05) is 44.9 Å². The molecule has 0 aliphatic rings. The quantitative estimate of drug-likeness (QED) is 0.823. The van der Waals surface area contributed by atoms with Crippen molar-refractivity contribution in [3.05, 3.63) is 29.8 Å². The monoisotopic (exact) mass is 325 g/mol. The lowest BCUT2D eigenvalue weighted by Crippen LogP contribution is -2.35. The lowest BCUT2D eigenvalue weighted by molar-refractivity contribution is -0.119. The van der Waals surface area contributed by atoms with Gasteiger partial charge in [-0.3, -0.25) is 4.79 Å². The normalized spacial score (nSPS) is 10.9. The maximum Gasteiger partial charge on any atom is 0.262 e. The summed E-state index contributed by atoms with van der Waals surface area (Å²) in [6, 6.07) is 7.49. The van der Waals surface area contributed by atoms with Crippen LogP contribution < -0.4 is 16.2 Å².